The van der Waals surface area contributed by atoms with Crippen LogP contribution >= 0.6 is 23.2 Å². The number of hydrogen-bond acceptors (Lipinski definition) is 2. The zero-order chi connectivity index (χ0) is 28.1. The van der Waals surface area contributed by atoms with Crippen molar-refractivity contribution in [1.82, 2.24) is 0 Å². The monoisotopic (exact) mass is 572 g/mol. The summed E-state index contributed by atoms with van der Waals surface area (Å²) in [6.07, 6.45) is 6.67. The first-order valence-corrected chi connectivity index (χ1v) is 14.4. The molecule has 0 saturated heterocycles. The smallest absolute Gasteiger partial charge is 0.123 e. The fourth-order valence-corrected chi connectivity index (χ4v) is 6.85. The zero-order valence-electron chi connectivity index (χ0n) is 22.1. The standard InChI is InChI=1S/C37H26Cl2O2/c38-27-15-9-23(10-16-27)31-21-25(13-19-35(31)40)37(33-7-3-1-5-29(33)30-6-2-4-8-34(30)37)26-14-20-36(41)32(22-26)24-11-17-28(39)18-12-24/h1-11,13-22,24,40-41H,12H2. The highest BCUT2D eigenvalue weighted by atomic mass is 35.5. The molecule has 5 aromatic rings. The second-order valence-corrected chi connectivity index (χ2v) is 11.5. The highest BCUT2D eigenvalue weighted by molar-refractivity contribution is 6.31. The molecule has 0 spiro atoms. The van der Waals surface area contributed by atoms with E-state index >= 15 is 0 Å². The highest BCUT2D eigenvalue weighted by Crippen LogP contribution is 2.57. The molecule has 41 heavy (non-hydrogen) atoms. The van der Waals surface area contributed by atoms with Crippen LogP contribution in [-0.4, -0.2) is 10.2 Å². The molecule has 2 nitrogen and oxygen atoms in total. The molecule has 7 rings (SSSR count). The Labute approximate surface area is 249 Å². The number of rotatable bonds is 4. The maximum absolute atomic E-state index is 11.1. The Hall–Kier alpha value is -4.24. The van der Waals surface area contributed by atoms with Crippen molar-refractivity contribution in [3.8, 4) is 33.8 Å². The number of halogens is 2. The van der Waals surface area contributed by atoms with Crippen LogP contribution in [0, 0.1) is 0 Å². The third kappa shape index (κ3) is 4.10. The van der Waals surface area contributed by atoms with E-state index in [0.717, 1.165) is 38.9 Å². The first-order chi connectivity index (χ1) is 20.0. The molecule has 0 radical (unpaired) electrons. The molecule has 0 aromatic heterocycles. The van der Waals surface area contributed by atoms with Crippen molar-refractivity contribution in [1.29, 1.82) is 0 Å². The largest absolute Gasteiger partial charge is 0.508 e. The van der Waals surface area contributed by atoms with Gasteiger partial charge in [-0.15, -0.1) is 0 Å². The third-order valence-electron chi connectivity index (χ3n) is 8.45. The van der Waals surface area contributed by atoms with E-state index in [1.807, 2.05) is 54.6 Å². The Balaban J connectivity index is 1.53. The number of allylic oxidation sites excluding steroid dienone is 4. The maximum atomic E-state index is 11.1. The van der Waals surface area contributed by atoms with Gasteiger partial charge < -0.3 is 10.2 Å². The van der Waals surface area contributed by atoms with E-state index in [9.17, 15) is 10.2 Å². The minimum absolute atomic E-state index is 0.00540. The van der Waals surface area contributed by atoms with Crippen LogP contribution in [0.2, 0.25) is 5.02 Å². The summed E-state index contributed by atoms with van der Waals surface area (Å²) >= 11 is 12.4. The van der Waals surface area contributed by atoms with Crippen LogP contribution < -0.4 is 0 Å². The summed E-state index contributed by atoms with van der Waals surface area (Å²) < 4.78 is 0. The van der Waals surface area contributed by atoms with Crippen LogP contribution in [0.4, 0.5) is 0 Å². The molecule has 5 aromatic carbocycles. The molecule has 0 bridgehead atoms. The summed E-state index contributed by atoms with van der Waals surface area (Å²) in [6, 6.07) is 36.5. The van der Waals surface area contributed by atoms with E-state index in [1.54, 1.807) is 6.07 Å². The maximum Gasteiger partial charge on any atom is 0.123 e. The lowest BCUT2D eigenvalue weighted by atomic mass is 9.66. The molecule has 0 amide bonds. The minimum atomic E-state index is -0.684. The van der Waals surface area contributed by atoms with Gasteiger partial charge in [0.15, 0.2) is 0 Å². The third-order valence-corrected chi connectivity index (χ3v) is 8.98. The number of phenolic OH excluding ortho intramolecular Hbond substituents is 2. The van der Waals surface area contributed by atoms with Gasteiger partial charge in [0.25, 0.3) is 0 Å². The molecular weight excluding hydrogens is 547 g/mol. The van der Waals surface area contributed by atoms with Crippen molar-refractivity contribution in [2.45, 2.75) is 17.8 Å². The zero-order valence-corrected chi connectivity index (χ0v) is 23.6. The Bertz CT molecular complexity index is 1820. The van der Waals surface area contributed by atoms with Gasteiger partial charge in [-0.3, -0.25) is 0 Å². The van der Waals surface area contributed by atoms with Crippen LogP contribution in [0.15, 0.2) is 132 Å². The van der Waals surface area contributed by atoms with Crippen LogP contribution in [-0.2, 0) is 5.41 Å². The lowest BCUT2D eigenvalue weighted by Gasteiger charge is -2.35. The van der Waals surface area contributed by atoms with E-state index < -0.39 is 5.41 Å². The minimum Gasteiger partial charge on any atom is -0.508 e. The SMILES string of the molecule is Oc1ccc(C2(c3ccc(O)c(C4C=CC(Cl)=CC4)c3)c3ccccc3-c3ccccc32)cc1-c1ccc(Cl)cc1. The van der Waals surface area contributed by atoms with Gasteiger partial charge in [0.1, 0.15) is 11.5 Å². The van der Waals surface area contributed by atoms with Crippen LogP contribution in [0.25, 0.3) is 22.3 Å². The molecule has 0 fully saturated rings. The molecule has 2 N–H and O–H groups in total. The van der Waals surface area contributed by atoms with E-state index in [4.69, 9.17) is 23.2 Å². The second-order valence-electron chi connectivity index (χ2n) is 10.6. The summed E-state index contributed by atoms with van der Waals surface area (Å²) in [5.74, 6) is 0.469. The topological polar surface area (TPSA) is 40.5 Å². The van der Waals surface area contributed by atoms with Gasteiger partial charge in [0, 0.05) is 27.1 Å². The highest BCUT2D eigenvalue weighted by Gasteiger charge is 2.46. The van der Waals surface area contributed by atoms with Gasteiger partial charge in [-0.1, -0.05) is 108 Å². The average Bonchev–Trinajstić information content (AvgIpc) is 3.30. The van der Waals surface area contributed by atoms with Gasteiger partial charge in [0.2, 0.25) is 0 Å². The Kier molecular flexibility index (Phi) is 6.27. The quantitative estimate of drug-likeness (QED) is 0.220. The van der Waals surface area contributed by atoms with Crippen molar-refractivity contribution >= 4 is 23.2 Å². The van der Waals surface area contributed by atoms with E-state index in [0.29, 0.717) is 16.5 Å². The van der Waals surface area contributed by atoms with Crippen molar-refractivity contribution < 1.29 is 10.2 Å². The molecule has 200 valence electrons. The van der Waals surface area contributed by atoms with Crippen LogP contribution in [0.5, 0.6) is 11.5 Å². The molecular formula is C37H26Cl2O2. The predicted octanol–water partition coefficient (Wildman–Crippen LogP) is 9.95. The number of fused-ring (bicyclic) bond motifs is 3. The fraction of sp³-hybridized carbons (Fsp3) is 0.0811. The number of hydrogen-bond donors (Lipinski definition) is 2. The fourth-order valence-electron chi connectivity index (χ4n) is 6.56. The lowest BCUT2D eigenvalue weighted by Crippen LogP contribution is -2.29. The number of aromatic hydroxyl groups is 2. The summed E-state index contributed by atoms with van der Waals surface area (Å²) in [5, 5.41) is 23.4. The summed E-state index contributed by atoms with van der Waals surface area (Å²) in [4.78, 5) is 0. The first kappa shape index (κ1) is 25.7. The average molecular weight is 574 g/mol. The Morgan fingerprint density at radius 3 is 1.88 bits per heavy atom. The van der Waals surface area contributed by atoms with E-state index in [2.05, 4.69) is 66.7 Å². The van der Waals surface area contributed by atoms with Crippen molar-refractivity contribution in [3.05, 3.63) is 165 Å². The summed E-state index contributed by atoms with van der Waals surface area (Å²) in [5.41, 5.74) is 8.52. The predicted molar refractivity (Wildman–Crippen MR) is 168 cm³/mol. The van der Waals surface area contributed by atoms with Gasteiger partial charge >= 0.3 is 0 Å². The molecule has 0 aliphatic heterocycles. The molecule has 0 saturated carbocycles. The molecule has 2 aliphatic carbocycles. The van der Waals surface area contributed by atoms with E-state index in [1.165, 1.54) is 11.1 Å². The molecule has 0 heterocycles. The van der Waals surface area contributed by atoms with Crippen molar-refractivity contribution in [2.24, 2.45) is 0 Å². The van der Waals surface area contributed by atoms with Crippen LogP contribution in [0.1, 0.15) is 40.2 Å². The molecule has 1 atom stereocenters. The Morgan fingerprint density at radius 1 is 0.634 bits per heavy atom. The number of benzene rings is 5. The van der Waals surface area contributed by atoms with Crippen molar-refractivity contribution in [2.75, 3.05) is 0 Å². The molecule has 1 unspecified atom stereocenters. The summed E-state index contributed by atoms with van der Waals surface area (Å²) in [7, 11) is 0. The molecule has 4 heteroatoms. The second kappa shape index (κ2) is 9.99. The Morgan fingerprint density at radius 2 is 1.24 bits per heavy atom. The van der Waals surface area contributed by atoms with Crippen molar-refractivity contribution in [3.63, 3.8) is 0 Å². The lowest BCUT2D eigenvalue weighted by molar-refractivity contribution is 0.464. The summed E-state index contributed by atoms with van der Waals surface area (Å²) in [6.45, 7) is 0. The molecule has 2 aliphatic rings. The number of phenols is 2. The normalized spacial score (nSPS) is 16.6. The van der Waals surface area contributed by atoms with Gasteiger partial charge in [-0.2, -0.15) is 0 Å². The van der Waals surface area contributed by atoms with Crippen LogP contribution in [0.3, 0.4) is 0 Å². The van der Waals surface area contributed by atoms with Gasteiger partial charge in [-0.05, 0) is 87.8 Å². The van der Waals surface area contributed by atoms with Gasteiger partial charge in [-0.25, -0.2) is 0 Å². The van der Waals surface area contributed by atoms with E-state index in [-0.39, 0.29) is 17.4 Å². The first-order valence-electron chi connectivity index (χ1n) is 13.6. The van der Waals surface area contributed by atoms with Gasteiger partial charge in [0.05, 0.1) is 5.41 Å².